The topological polar surface area (TPSA) is 88.2 Å². The van der Waals surface area contributed by atoms with Crippen LogP contribution in [0.25, 0.3) is 17.3 Å². The average molecular weight is 414 g/mol. The fraction of sp³-hybridized carbons (Fsp3) is 0.100. The number of hydrogen-bond donors (Lipinski definition) is 2. The Morgan fingerprint density at radius 3 is 2.43 bits per heavy atom. The summed E-state index contributed by atoms with van der Waals surface area (Å²) in [6, 6.07) is 18.8. The number of amides is 1. The SMILES string of the molecule is O=C(CCNS(=O)(=O)C=Cc1ccccc1)Nc1nc(-c2ccccc2)cs1. The lowest BCUT2D eigenvalue weighted by atomic mass is 10.2. The molecule has 0 unspecified atom stereocenters. The van der Waals surface area contributed by atoms with E-state index in [1.807, 2.05) is 53.9 Å². The van der Waals surface area contributed by atoms with Crippen molar-refractivity contribution in [3.8, 4) is 11.3 Å². The van der Waals surface area contributed by atoms with Gasteiger partial charge in [0.05, 0.1) is 5.69 Å². The van der Waals surface area contributed by atoms with Crippen LogP contribution in [0, 0.1) is 0 Å². The third-order valence-corrected chi connectivity index (χ3v) is 5.57. The van der Waals surface area contributed by atoms with Gasteiger partial charge in [-0.2, -0.15) is 0 Å². The maximum Gasteiger partial charge on any atom is 0.233 e. The lowest BCUT2D eigenvalue weighted by Gasteiger charge is -2.03. The highest BCUT2D eigenvalue weighted by Crippen LogP contribution is 2.24. The van der Waals surface area contributed by atoms with E-state index in [4.69, 9.17) is 0 Å². The molecule has 0 aliphatic carbocycles. The van der Waals surface area contributed by atoms with Crippen molar-refractivity contribution in [1.82, 2.24) is 9.71 Å². The van der Waals surface area contributed by atoms with Crippen LogP contribution in [0.4, 0.5) is 5.13 Å². The molecule has 144 valence electrons. The average Bonchev–Trinajstić information content (AvgIpc) is 3.16. The van der Waals surface area contributed by atoms with Gasteiger partial charge in [0.2, 0.25) is 15.9 Å². The van der Waals surface area contributed by atoms with Crippen LogP contribution in [0.3, 0.4) is 0 Å². The van der Waals surface area contributed by atoms with Crippen molar-refractivity contribution in [2.45, 2.75) is 6.42 Å². The summed E-state index contributed by atoms with van der Waals surface area (Å²) in [5.41, 5.74) is 2.54. The van der Waals surface area contributed by atoms with Crippen LogP contribution in [0.2, 0.25) is 0 Å². The summed E-state index contributed by atoms with van der Waals surface area (Å²) in [4.78, 5) is 16.4. The quantitative estimate of drug-likeness (QED) is 0.589. The zero-order valence-corrected chi connectivity index (χ0v) is 16.5. The number of anilines is 1. The number of thiazole rings is 1. The second-order valence-electron chi connectivity index (χ2n) is 5.85. The predicted molar refractivity (Wildman–Crippen MR) is 113 cm³/mol. The number of aromatic nitrogens is 1. The van der Waals surface area contributed by atoms with Gasteiger partial charge < -0.3 is 5.32 Å². The van der Waals surface area contributed by atoms with Gasteiger partial charge in [0, 0.05) is 29.3 Å². The maximum absolute atomic E-state index is 12.0. The minimum Gasteiger partial charge on any atom is -0.302 e. The Bertz CT molecular complexity index is 1050. The van der Waals surface area contributed by atoms with Crippen LogP contribution in [-0.2, 0) is 14.8 Å². The Labute approximate surface area is 168 Å². The maximum atomic E-state index is 12.0. The molecule has 28 heavy (non-hydrogen) atoms. The monoisotopic (exact) mass is 413 g/mol. The number of nitrogens with one attached hydrogen (secondary N) is 2. The molecule has 0 atom stereocenters. The van der Waals surface area contributed by atoms with Crippen LogP contribution < -0.4 is 10.0 Å². The standard InChI is InChI=1S/C20H19N3O3S2/c24-19(23-20-22-18(15-27-20)17-9-5-2-6-10-17)11-13-21-28(25,26)14-12-16-7-3-1-4-8-16/h1-10,12,14-15,21H,11,13H2,(H,22,23,24). The molecule has 1 amide bonds. The van der Waals surface area contributed by atoms with Crippen molar-refractivity contribution in [3.05, 3.63) is 77.0 Å². The molecule has 1 heterocycles. The molecular formula is C20H19N3O3S2. The third-order valence-electron chi connectivity index (χ3n) is 3.71. The first-order valence-electron chi connectivity index (χ1n) is 8.55. The summed E-state index contributed by atoms with van der Waals surface area (Å²) in [6.07, 6.45) is 1.52. The minimum absolute atomic E-state index is 0.00418. The number of hydrogen-bond acceptors (Lipinski definition) is 5. The minimum atomic E-state index is -3.60. The van der Waals surface area contributed by atoms with Gasteiger partial charge in [0.25, 0.3) is 0 Å². The van der Waals surface area contributed by atoms with Crippen LogP contribution in [-0.4, -0.2) is 25.9 Å². The molecule has 0 saturated carbocycles. The number of rotatable bonds is 8. The molecule has 0 spiro atoms. The summed E-state index contributed by atoms with van der Waals surface area (Å²) in [7, 11) is -3.60. The molecular weight excluding hydrogens is 394 g/mol. The van der Waals surface area contributed by atoms with Crippen molar-refractivity contribution >= 4 is 38.5 Å². The Morgan fingerprint density at radius 1 is 1.04 bits per heavy atom. The second-order valence-corrected chi connectivity index (χ2v) is 8.36. The van der Waals surface area contributed by atoms with E-state index in [0.717, 1.165) is 22.2 Å². The molecule has 0 fully saturated rings. The van der Waals surface area contributed by atoms with Crippen LogP contribution in [0.15, 0.2) is 71.5 Å². The molecule has 2 aromatic carbocycles. The molecule has 0 saturated heterocycles. The normalized spacial score (nSPS) is 11.6. The molecule has 0 bridgehead atoms. The van der Waals surface area contributed by atoms with Crippen LogP contribution in [0.5, 0.6) is 0 Å². The van der Waals surface area contributed by atoms with Crippen molar-refractivity contribution in [3.63, 3.8) is 0 Å². The van der Waals surface area contributed by atoms with Gasteiger partial charge in [-0.25, -0.2) is 18.1 Å². The third kappa shape index (κ3) is 6.12. The zero-order valence-electron chi connectivity index (χ0n) is 14.9. The summed E-state index contributed by atoms with van der Waals surface area (Å²) in [6.45, 7) is 0.00418. The van der Waals surface area contributed by atoms with E-state index in [0.29, 0.717) is 5.13 Å². The van der Waals surface area contributed by atoms with Gasteiger partial charge in [-0.05, 0) is 11.6 Å². The zero-order chi connectivity index (χ0) is 19.8. The van der Waals surface area contributed by atoms with Gasteiger partial charge in [-0.3, -0.25) is 4.79 Å². The van der Waals surface area contributed by atoms with E-state index >= 15 is 0 Å². The van der Waals surface area contributed by atoms with Crippen molar-refractivity contribution in [2.75, 3.05) is 11.9 Å². The summed E-state index contributed by atoms with van der Waals surface area (Å²) < 4.78 is 26.3. The first kappa shape index (κ1) is 19.9. The predicted octanol–water partition coefficient (Wildman–Crippen LogP) is 3.73. The van der Waals surface area contributed by atoms with E-state index in [1.165, 1.54) is 17.4 Å². The molecule has 8 heteroatoms. The van der Waals surface area contributed by atoms with Gasteiger partial charge in [0.15, 0.2) is 5.13 Å². The number of nitrogens with zero attached hydrogens (tertiary/aromatic N) is 1. The summed E-state index contributed by atoms with van der Waals surface area (Å²) in [5.74, 6) is -0.302. The van der Waals surface area contributed by atoms with E-state index in [2.05, 4.69) is 15.0 Å². The van der Waals surface area contributed by atoms with Gasteiger partial charge in [-0.15, -0.1) is 11.3 Å². The number of carbonyl (C=O) groups is 1. The van der Waals surface area contributed by atoms with Gasteiger partial charge in [-0.1, -0.05) is 60.7 Å². The van der Waals surface area contributed by atoms with Crippen LogP contribution >= 0.6 is 11.3 Å². The number of sulfonamides is 1. The molecule has 6 nitrogen and oxygen atoms in total. The Balaban J connectivity index is 1.47. The molecule has 0 aliphatic rings. The lowest BCUT2D eigenvalue weighted by molar-refractivity contribution is -0.116. The molecule has 2 N–H and O–H groups in total. The number of carbonyl (C=O) groups excluding carboxylic acids is 1. The molecule has 1 aromatic heterocycles. The highest BCUT2D eigenvalue weighted by Gasteiger charge is 2.10. The highest BCUT2D eigenvalue weighted by atomic mass is 32.2. The summed E-state index contributed by atoms with van der Waals surface area (Å²) >= 11 is 1.32. The van der Waals surface area contributed by atoms with Crippen molar-refractivity contribution in [1.29, 1.82) is 0 Å². The van der Waals surface area contributed by atoms with Crippen LogP contribution in [0.1, 0.15) is 12.0 Å². The van der Waals surface area contributed by atoms with Crippen molar-refractivity contribution in [2.24, 2.45) is 0 Å². The van der Waals surface area contributed by atoms with E-state index < -0.39 is 10.0 Å². The Morgan fingerprint density at radius 2 is 1.71 bits per heavy atom. The van der Waals surface area contributed by atoms with E-state index in [1.54, 1.807) is 12.1 Å². The molecule has 0 radical (unpaired) electrons. The van der Waals surface area contributed by atoms with E-state index in [9.17, 15) is 13.2 Å². The molecule has 3 rings (SSSR count). The second kappa shape index (κ2) is 9.41. The lowest BCUT2D eigenvalue weighted by Crippen LogP contribution is -2.26. The highest BCUT2D eigenvalue weighted by molar-refractivity contribution is 7.92. The Hall–Kier alpha value is -2.81. The number of benzene rings is 2. The van der Waals surface area contributed by atoms with Crippen molar-refractivity contribution < 1.29 is 13.2 Å². The Kier molecular flexibility index (Phi) is 6.70. The fourth-order valence-electron chi connectivity index (χ4n) is 2.34. The molecule has 0 aliphatic heterocycles. The van der Waals surface area contributed by atoms with Gasteiger partial charge >= 0.3 is 0 Å². The fourth-order valence-corrected chi connectivity index (χ4v) is 3.90. The molecule has 3 aromatic rings. The summed E-state index contributed by atoms with van der Waals surface area (Å²) in [5, 5.41) is 6.13. The smallest absolute Gasteiger partial charge is 0.233 e. The van der Waals surface area contributed by atoms with Gasteiger partial charge in [0.1, 0.15) is 0 Å². The largest absolute Gasteiger partial charge is 0.302 e. The first-order chi connectivity index (χ1) is 13.5. The first-order valence-corrected chi connectivity index (χ1v) is 11.0. The van der Waals surface area contributed by atoms with E-state index in [-0.39, 0.29) is 18.9 Å².